The molecule has 1 heterocycles. The Kier molecular flexibility index (Phi) is 6.39. The topological polar surface area (TPSA) is 46.6 Å². The third kappa shape index (κ3) is 4.58. The molecule has 4 aromatic carbocycles. The molecule has 4 aromatic rings. The van der Waals surface area contributed by atoms with Crippen LogP contribution in [0.3, 0.4) is 0 Å². The predicted octanol–water partition coefficient (Wildman–Crippen LogP) is 7.31. The summed E-state index contributed by atoms with van der Waals surface area (Å²) in [5.41, 5.74) is 2.55. The van der Waals surface area contributed by atoms with Gasteiger partial charge in [-0.05, 0) is 51.9 Å². The molecule has 4 nitrogen and oxygen atoms in total. The minimum atomic E-state index is -0.336. The van der Waals surface area contributed by atoms with Crippen LogP contribution in [0.25, 0.3) is 16.8 Å². The molecule has 34 heavy (non-hydrogen) atoms. The SMILES string of the molecule is O=C1S/C(=C/c2c(OCc3ccccc3)ccc3ccccc23)C(=O)N1Cc1ccccc1Cl. The Morgan fingerprint density at radius 1 is 0.853 bits per heavy atom. The highest BCUT2D eigenvalue weighted by Gasteiger charge is 2.35. The summed E-state index contributed by atoms with van der Waals surface area (Å²) in [7, 11) is 0. The second-order valence-corrected chi connectivity index (χ2v) is 9.23. The zero-order valence-corrected chi connectivity index (χ0v) is 19.7. The lowest BCUT2D eigenvalue weighted by Gasteiger charge is -2.14. The Balaban J connectivity index is 1.49. The first-order chi connectivity index (χ1) is 16.6. The first kappa shape index (κ1) is 22.3. The van der Waals surface area contributed by atoms with E-state index in [2.05, 4.69) is 0 Å². The molecule has 1 saturated heterocycles. The maximum absolute atomic E-state index is 13.2. The van der Waals surface area contributed by atoms with E-state index in [0.29, 0.717) is 22.3 Å². The molecule has 6 heteroatoms. The number of hydrogen-bond acceptors (Lipinski definition) is 4. The average molecular weight is 486 g/mol. The molecule has 1 aliphatic rings. The number of thioether (sulfide) groups is 1. The standard InChI is InChI=1S/C28H20ClNO3S/c29-24-13-7-5-11-21(24)17-30-27(31)26(34-28(30)32)16-23-22-12-6-4-10-20(22)14-15-25(23)33-18-19-8-2-1-3-9-19/h1-16H,17-18H2/b26-16+. The van der Waals surface area contributed by atoms with Crippen molar-refractivity contribution in [1.29, 1.82) is 0 Å². The molecule has 5 rings (SSSR count). The van der Waals surface area contributed by atoms with Gasteiger partial charge in [0.1, 0.15) is 12.4 Å². The van der Waals surface area contributed by atoms with Gasteiger partial charge in [-0.25, -0.2) is 0 Å². The lowest BCUT2D eigenvalue weighted by molar-refractivity contribution is -0.123. The largest absolute Gasteiger partial charge is 0.488 e. The van der Waals surface area contributed by atoms with Crippen molar-refractivity contribution in [3.63, 3.8) is 0 Å². The fourth-order valence-electron chi connectivity index (χ4n) is 3.85. The number of fused-ring (bicyclic) bond motifs is 1. The van der Waals surface area contributed by atoms with E-state index in [1.807, 2.05) is 84.9 Å². The van der Waals surface area contributed by atoms with Crippen molar-refractivity contribution in [2.45, 2.75) is 13.2 Å². The second kappa shape index (κ2) is 9.75. The number of imide groups is 1. The maximum atomic E-state index is 13.2. The molecule has 1 fully saturated rings. The Morgan fingerprint density at radius 3 is 2.41 bits per heavy atom. The molecular formula is C28H20ClNO3S. The highest BCUT2D eigenvalue weighted by Crippen LogP contribution is 2.38. The first-order valence-corrected chi connectivity index (χ1v) is 12.0. The third-order valence-corrected chi connectivity index (χ3v) is 6.88. The van der Waals surface area contributed by atoms with Crippen molar-refractivity contribution in [3.8, 4) is 5.75 Å². The van der Waals surface area contributed by atoms with Crippen LogP contribution < -0.4 is 4.74 Å². The first-order valence-electron chi connectivity index (χ1n) is 10.8. The third-order valence-electron chi connectivity index (χ3n) is 5.60. The van der Waals surface area contributed by atoms with Gasteiger partial charge in [-0.3, -0.25) is 14.5 Å². The number of hydrogen-bond donors (Lipinski definition) is 0. The van der Waals surface area contributed by atoms with E-state index in [-0.39, 0.29) is 17.7 Å². The van der Waals surface area contributed by atoms with Crippen LogP contribution in [0.5, 0.6) is 5.75 Å². The quantitative estimate of drug-likeness (QED) is 0.269. The van der Waals surface area contributed by atoms with Crippen LogP contribution in [0.15, 0.2) is 95.9 Å². The van der Waals surface area contributed by atoms with Crippen molar-refractivity contribution in [2.75, 3.05) is 0 Å². The average Bonchev–Trinajstić information content (AvgIpc) is 3.13. The molecule has 0 unspecified atom stereocenters. The number of carbonyl (C=O) groups is 2. The molecule has 0 bridgehead atoms. The molecule has 0 spiro atoms. The molecule has 1 aliphatic heterocycles. The maximum Gasteiger partial charge on any atom is 0.293 e. The number of amides is 2. The summed E-state index contributed by atoms with van der Waals surface area (Å²) in [5.74, 6) is 0.317. The minimum Gasteiger partial charge on any atom is -0.488 e. The van der Waals surface area contributed by atoms with Gasteiger partial charge in [0.2, 0.25) is 0 Å². The van der Waals surface area contributed by atoms with Gasteiger partial charge in [0.05, 0.1) is 11.4 Å². The lowest BCUT2D eigenvalue weighted by Crippen LogP contribution is -2.27. The van der Waals surface area contributed by atoms with E-state index in [9.17, 15) is 9.59 Å². The molecular weight excluding hydrogens is 466 g/mol. The van der Waals surface area contributed by atoms with Crippen LogP contribution in [0.2, 0.25) is 5.02 Å². The molecule has 2 amide bonds. The number of carbonyl (C=O) groups excluding carboxylic acids is 2. The zero-order chi connectivity index (χ0) is 23.5. The van der Waals surface area contributed by atoms with Gasteiger partial charge in [0.25, 0.3) is 11.1 Å². The predicted molar refractivity (Wildman–Crippen MR) is 138 cm³/mol. The fourth-order valence-corrected chi connectivity index (χ4v) is 4.87. The highest BCUT2D eigenvalue weighted by molar-refractivity contribution is 8.18. The number of benzene rings is 4. The van der Waals surface area contributed by atoms with Crippen LogP contribution in [0.4, 0.5) is 4.79 Å². The van der Waals surface area contributed by atoms with E-state index < -0.39 is 0 Å². The van der Waals surface area contributed by atoms with Crippen molar-refractivity contribution >= 4 is 51.4 Å². The summed E-state index contributed by atoms with van der Waals surface area (Å²) in [6.07, 6.45) is 1.76. The van der Waals surface area contributed by atoms with Crippen LogP contribution in [0, 0.1) is 0 Å². The van der Waals surface area contributed by atoms with Gasteiger partial charge in [-0.2, -0.15) is 0 Å². The Hall–Kier alpha value is -3.54. The molecule has 0 aliphatic carbocycles. The molecule has 0 N–H and O–H groups in total. The Labute approximate surface area is 206 Å². The number of ether oxygens (including phenoxy) is 1. The van der Waals surface area contributed by atoms with Crippen LogP contribution >= 0.6 is 23.4 Å². The van der Waals surface area contributed by atoms with E-state index >= 15 is 0 Å². The molecule has 0 atom stereocenters. The summed E-state index contributed by atoms with van der Waals surface area (Å²) in [6.45, 7) is 0.530. The Bertz CT molecular complexity index is 1420. The minimum absolute atomic E-state index is 0.134. The second-order valence-electron chi connectivity index (χ2n) is 7.83. The number of nitrogens with zero attached hydrogens (tertiary/aromatic N) is 1. The molecule has 0 saturated carbocycles. The number of rotatable bonds is 6. The highest BCUT2D eigenvalue weighted by atomic mass is 35.5. The van der Waals surface area contributed by atoms with Gasteiger partial charge >= 0.3 is 0 Å². The zero-order valence-electron chi connectivity index (χ0n) is 18.1. The van der Waals surface area contributed by atoms with Crippen molar-refractivity contribution < 1.29 is 14.3 Å². The Morgan fingerprint density at radius 2 is 1.59 bits per heavy atom. The lowest BCUT2D eigenvalue weighted by atomic mass is 10.0. The summed E-state index contributed by atoms with van der Waals surface area (Å²) in [4.78, 5) is 27.5. The smallest absolute Gasteiger partial charge is 0.293 e. The summed E-state index contributed by atoms with van der Waals surface area (Å²) >= 11 is 7.18. The summed E-state index contributed by atoms with van der Waals surface area (Å²) in [5, 5.41) is 2.18. The van der Waals surface area contributed by atoms with E-state index in [1.54, 1.807) is 12.1 Å². The summed E-state index contributed by atoms with van der Waals surface area (Å²) < 4.78 is 6.16. The monoisotopic (exact) mass is 485 g/mol. The van der Waals surface area contributed by atoms with Crippen LogP contribution in [-0.2, 0) is 17.9 Å². The molecule has 0 aromatic heterocycles. The van der Waals surface area contributed by atoms with Crippen LogP contribution in [0.1, 0.15) is 16.7 Å². The van der Waals surface area contributed by atoms with Crippen molar-refractivity contribution in [3.05, 3.63) is 118 Å². The van der Waals surface area contributed by atoms with Gasteiger partial charge in [-0.1, -0.05) is 90.5 Å². The van der Waals surface area contributed by atoms with Crippen molar-refractivity contribution in [1.82, 2.24) is 4.90 Å². The van der Waals surface area contributed by atoms with E-state index in [4.69, 9.17) is 16.3 Å². The normalized spacial score (nSPS) is 14.9. The van der Waals surface area contributed by atoms with Crippen LogP contribution in [-0.4, -0.2) is 16.0 Å². The van der Waals surface area contributed by atoms with Gasteiger partial charge in [-0.15, -0.1) is 0 Å². The fraction of sp³-hybridized carbons (Fsp3) is 0.0714. The summed E-state index contributed by atoms with van der Waals surface area (Å²) in [6, 6.07) is 28.9. The van der Waals surface area contributed by atoms with E-state index in [1.165, 1.54) is 4.90 Å². The van der Waals surface area contributed by atoms with Crippen molar-refractivity contribution in [2.24, 2.45) is 0 Å². The molecule has 0 radical (unpaired) electrons. The van der Waals surface area contributed by atoms with Gasteiger partial charge in [0, 0.05) is 10.6 Å². The van der Waals surface area contributed by atoms with Gasteiger partial charge in [0.15, 0.2) is 0 Å². The number of halogens is 1. The van der Waals surface area contributed by atoms with Gasteiger partial charge < -0.3 is 4.74 Å². The molecule has 168 valence electrons. The van der Waals surface area contributed by atoms with E-state index in [0.717, 1.165) is 39.2 Å².